The van der Waals surface area contributed by atoms with Crippen LogP contribution in [0.4, 0.5) is 4.79 Å². The molecule has 0 bridgehead atoms. The molecule has 6 heteroatoms. The third kappa shape index (κ3) is 4.35. The highest BCUT2D eigenvalue weighted by molar-refractivity contribution is 8.18. The Hall–Kier alpha value is -1.79. The first-order valence-electron chi connectivity index (χ1n) is 7.33. The third-order valence-corrected chi connectivity index (χ3v) is 4.22. The minimum Gasteiger partial charge on any atom is -0.492 e. The van der Waals surface area contributed by atoms with Crippen LogP contribution >= 0.6 is 11.8 Å². The van der Waals surface area contributed by atoms with Crippen LogP contribution in [0.15, 0.2) is 29.2 Å². The number of nitrogens with one attached hydrogen (secondary N) is 1. The lowest BCUT2D eigenvalue weighted by atomic mass is 10.2. The van der Waals surface area contributed by atoms with Crippen molar-refractivity contribution >= 4 is 29.0 Å². The van der Waals surface area contributed by atoms with Crippen LogP contribution in [0.2, 0.25) is 0 Å². The van der Waals surface area contributed by atoms with Crippen LogP contribution in [0.5, 0.6) is 5.75 Å². The summed E-state index contributed by atoms with van der Waals surface area (Å²) in [4.78, 5) is 25.5. The van der Waals surface area contributed by atoms with E-state index in [0.717, 1.165) is 42.7 Å². The quantitative estimate of drug-likeness (QED) is 0.783. The molecule has 118 valence electrons. The summed E-state index contributed by atoms with van der Waals surface area (Å²) in [5, 5.41) is 1.91. The fourth-order valence-corrected chi connectivity index (χ4v) is 2.79. The predicted octanol–water partition coefficient (Wildman–Crippen LogP) is 2.73. The second-order valence-corrected chi connectivity index (χ2v) is 5.78. The zero-order valence-electron chi connectivity index (χ0n) is 12.8. The highest BCUT2D eigenvalue weighted by Gasteiger charge is 2.25. The van der Waals surface area contributed by atoms with Crippen molar-refractivity contribution in [1.82, 2.24) is 10.2 Å². The largest absolute Gasteiger partial charge is 0.492 e. The molecule has 0 unspecified atom stereocenters. The number of ether oxygens (including phenoxy) is 1. The monoisotopic (exact) mass is 320 g/mol. The Bertz CT molecular complexity index is 583. The maximum absolute atomic E-state index is 11.6. The van der Waals surface area contributed by atoms with E-state index < -0.39 is 0 Å². The summed E-state index contributed by atoms with van der Waals surface area (Å²) in [5.74, 6) is 0.364. The SMILES string of the molecule is CCN(CC)CCOc1ccccc1/C=C1/SC(=O)NC1=O. The normalized spacial score (nSPS) is 16.4. The van der Waals surface area contributed by atoms with E-state index in [9.17, 15) is 9.59 Å². The molecule has 1 aromatic carbocycles. The molecule has 0 saturated carbocycles. The van der Waals surface area contributed by atoms with Crippen LogP contribution in [0.3, 0.4) is 0 Å². The molecule has 22 heavy (non-hydrogen) atoms. The Morgan fingerprint density at radius 2 is 1.95 bits per heavy atom. The van der Waals surface area contributed by atoms with Crippen molar-refractivity contribution in [3.63, 3.8) is 0 Å². The number of carbonyl (C=O) groups is 2. The molecule has 5 nitrogen and oxygen atoms in total. The van der Waals surface area contributed by atoms with Gasteiger partial charge in [-0.2, -0.15) is 0 Å². The first kappa shape index (κ1) is 16.6. The molecule has 1 N–H and O–H groups in total. The molecule has 0 atom stereocenters. The lowest BCUT2D eigenvalue weighted by Crippen LogP contribution is -2.28. The summed E-state index contributed by atoms with van der Waals surface area (Å²) in [6.07, 6.45) is 1.69. The number of para-hydroxylation sites is 1. The molecule has 1 saturated heterocycles. The minimum atomic E-state index is -0.354. The van der Waals surface area contributed by atoms with Gasteiger partial charge in [0.05, 0.1) is 4.91 Å². The van der Waals surface area contributed by atoms with E-state index in [0.29, 0.717) is 11.5 Å². The van der Waals surface area contributed by atoms with Gasteiger partial charge in [0, 0.05) is 12.1 Å². The second-order valence-electron chi connectivity index (χ2n) is 4.77. The van der Waals surface area contributed by atoms with E-state index in [-0.39, 0.29) is 11.1 Å². The highest BCUT2D eigenvalue weighted by atomic mass is 32.2. The number of imide groups is 1. The number of hydrogen-bond donors (Lipinski definition) is 1. The summed E-state index contributed by atoms with van der Waals surface area (Å²) in [5.41, 5.74) is 0.800. The molecule has 1 aromatic rings. The molecular weight excluding hydrogens is 300 g/mol. The lowest BCUT2D eigenvalue weighted by Gasteiger charge is -2.18. The van der Waals surface area contributed by atoms with Gasteiger partial charge in [-0.25, -0.2) is 0 Å². The zero-order chi connectivity index (χ0) is 15.9. The van der Waals surface area contributed by atoms with E-state index >= 15 is 0 Å². The third-order valence-electron chi connectivity index (χ3n) is 3.41. The lowest BCUT2D eigenvalue weighted by molar-refractivity contribution is -0.115. The van der Waals surface area contributed by atoms with Gasteiger partial charge in [-0.3, -0.25) is 14.9 Å². The Balaban J connectivity index is 2.06. The van der Waals surface area contributed by atoms with Gasteiger partial charge in [-0.15, -0.1) is 0 Å². The Kier molecular flexibility index (Phi) is 6.03. The minimum absolute atomic E-state index is 0.337. The topological polar surface area (TPSA) is 58.6 Å². The van der Waals surface area contributed by atoms with Crippen molar-refractivity contribution in [3.05, 3.63) is 34.7 Å². The fraction of sp³-hybridized carbons (Fsp3) is 0.375. The van der Waals surface area contributed by atoms with Gasteiger partial charge in [0.1, 0.15) is 12.4 Å². The number of likely N-dealkylation sites (N-methyl/N-ethyl adjacent to an activating group) is 1. The average molecular weight is 320 g/mol. The van der Waals surface area contributed by atoms with Gasteiger partial charge in [-0.05, 0) is 37.0 Å². The van der Waals surface area contributed by atoms with Crippen LogP contribution in [0.1, 0.15) is 19.4 Å². The number of nitrogens with zero attached hydrogens (tertiary/aromatic N) is 1. The summed E-state index contributed by atoms with van der Waals surface area (Å²) >= 11 is 0.911. The van der Waals surface area contributed by atoms with Crippen LogP contribution in [0.25, 0.3) is 6.08 Å². The van der Waals surface area contributed by atoms with Crippen LogP contribution < -0.4 is 10.1 Å². The Morgan fingerprint density at radius 3 is 2.59 bits per heavy atom. The smallest absolute Gasteiger partial charge is 0.290 e. The maximum atomic E-state index is 11.6. The zero-order valence-corrected chi connectivity index (χ0v) is 13.6. The molecule has 1 heterocycles. The van der Waals surface area contributed by atoms with Crippen LogP contribution in [-0.4, -0.2) is 42.3 Å². The number of carbonyl (C=O) groups excluding carboxylic acids is 2. The number of amides is 2. The average Bonchev–Trinajstić information content (AvgIpc) is 2.83. The summed E-state index contributed by atoms with van der Waals surface area (Å²) in [6, 6.07) is 7.51. The molecule has 0 radical (unpaired) electrons. The predicted molar refractivity (Wildman–Crippen MR) is 88.8 cm³/mol. The van der Waals surface area contributed by atoms with E-state index in [1.807, 2.05) is 24.3 Å². The second kappa shape index (κ2) is 8.00. The summed E-state index contributed by atoms with van der Waals surface area (Å²) in [7, 11) is 0. The van der Waals surface area contributed by atoms with E-state index in [4.69, 9.17) is 4.74 Å². The van der Waals surface area contributed by atoms with Crippen molar-refractivity contribution in [1.29, 1.82) is 0 Å². The van der Waals surface area contributed by atoms with Gasteiger partial charge in [0.2, 0.25) is 0 Å². The van der Waals surface area contributed by atoms with Gasteiger partial charge >= 0.3 is 0 Å². The first-order chi connectivity index (χ1) is 10.6. The summed E-state index contributed by atoms with van der Waals surface area (Å²) in [6.45, 7) is 7.66. The van der Waals surface area contributed by atoms with Crippen molar-refractivity contribution < 1.29 is 14.3 Å². The van der Waals surface area contributed by atoms with E-state index in [1.165, 1.54) is 0 Å². The van der Waals surface area contributed by atoms with Crippen molar-refractivity contribution in [3.8, 4) is 5.75 Å². The molecule has 2 amide bonds. The fourth-order valence-electron chi connectivity index (χ4n) is 2.12. The van der Waals surface area contributed by atoms with E-state index in [1.54, 1.807) is 6.08 Å². The molecule has 1 aliphatic heterocycles. The molecule has 0 aliphatic carbocycles. The van der Waals surface area contributed by atoms with E-state index in [2.05, 4.69) is 24.1 Å². The molecule has 1 aliphatic rings. The van der Waals surface area contributed by atoms with Gasteiger partial charge in [0.15, 0.2) is 0 Å². The summed E-state index contributed by atoms with van der Waals surface area (Å²) < 4.78 is 5.83. The number of thioether (sulfide) groups is 1. The highest BCUT2D eigenvalue weighted by Crippen LogP contribution is 2.28. The number of benzene rings is 1. The van der Waals surface area contributed by atoms with Crippen molar-refractivity contribution in [2.75, 3.05) is 26.2 Å². The molecule has 1 fully saturated rings. The molecule has 0 aromatic heterocycles. The number of hydrogen-bond acceptors (Lipinski definition) is 5. The first-order valence-corrected chi connectivity index (χ1v) is 8.14. The van der Waals surface area contributed by atoms with Gasteiger partial charge < -0.3 is 9.64 Å². The molecular formula is C16H20N2O3S. The van der Waals surface area contributed by atoms with Crippen molar-refractivity contribution in [2.24, 2.45) is 0 Å². The van der Waals surface area contributed by atoms with Gasteiger partial charge in [-0.1, -0.05) is 32.0 Å². The van der Waals surface area contributed by atoms with Gasteiger partial charge in [0.25, 0.3) is 11.1 Å². The number of rotatable bonds is 7. The van der Waals surface area contributed by atoms with Crippen LogP contribution in [0, 0.1) is 0 Å². The van der Waals surface area contributed by atoms with Crippen molar-refractivity contribution in [2.45, 2.75) is 13.8 Å². The standard InChI is InChI=1S/C16H20N2O3S/c1-3-18(4-2)9-10-21-13-8-6-5-7-12(13)11-14-15(19)17-16(20)22-14/h5-8,11H,3-4,9-10H2,1-2H3,(H,17,19,20)/b14-11+. The molecule has 2 rings (SSSR count). The maximum Gasteiger partial charge on any atom is 0.290 e. The Labute approximate surface area is 134 Å². The Morgan fingerprint density at radius 1 is 1.23 bits per heavy atom. The van der Waals surface area contributed by atoms with Crippen LogP contribution in [-0.2, 0) is 4.79 Å². The molecule has 0 spiro atoms.